The molecule has 0 amide bonds. The van der Waals surface area contributed by atoms with Crippen molar-refractivity contribution in [2.75, 3.05) is 13.2 Å². The third kappa shape index (κ3) is 42.0. The van der Waals surface area contributed by atoms with Gasteiger partial charge in [-0.25, -0.2) is 0 Å². The Morgan fingerprint density at radius 1 is 0.375 bits per heavy atom. The largest absolute Gasteiger partial charge is 0.462 e. The van der Waals surface area contributed by atoms with E-state index >= 15 is 0 Å². The smallest absolute Gasteiger partial charge is 0.306 e. The Morgan fingerprint density at radius 3 is 1.20 bits per heavy atom. The van der Waals surface area contributed by atoms with Crippen LogP contribution in [0.2, 0.25) is 0 Å². The molecule has 0 aliphatic carbocycles. The average molecular weight is 781 g/mol. The monoisotopic (exact) mass is 781 g/mol. The Labute approximate surface area is 344 Å². The molecule has 0 radical (unpaired) electrons. The van der Waals surface area contributed by atoms with Crippen LogP contribution in [0, 0.1) is 0 Å². The van der Waals surface area contributed by atoms with Crippen LogP contribution in [0.25, 0.3) is 0 Å². The Kier molecular flexibility index (Phi) is 42.1. The first-order chi connectivity index (χ1) is 27.5. The predicted octanol–water partition coefficient (Wildman–Crippen LogP) is 14.7. The Hall–Kier alpha value is -3.15. The molecule has 0 bridgehead atoms. The molecule has 0 spiro atoms. The van der Waals surface area contributed by atoms with Crippen LogP contribution in [0.15, 0.2) is 72.9 Å². The molecule has 0 aliphatic heterocycles. The molecule has 0 fully saturated rings. The molecule has 0 aromatic carbocycles. The summed E-state index contributed by atoms with van der Waals surface area (Å²) in [5.41, 5.74) is 0. The van der Waals surface area contributed by atoms with Gasteiger partial charge in [-0.3, -0.25) is 14.4 Å². The molecular formula is C50H84O6. The SMILES string of the molecule is CC/C=C\C/C=C\C/C=C\C/C=C\C/C=C\CCCCCC(=O)OCC(COC(=O)CCCCCCCCCCC)OC(=O)CCCCCCC/C=C\CCC. The van der Waals surface area contributed by atoms with Crippen LogP contribution < -0.4 is 0 Å². The van der Waals surface area contributed by atoms with Crippen LogP contribution >= 0.6 is 0 Å². The summed E-state index contributed by atoms with van der Waals surface area (Å²) in [6, 6.07) is 0. The van der Waals surface area contributed by atoms with E-state index in [4.69, 9.17) is 14.2 Å². The van der Waals surface area contributed by atoms with E-state index in [1.165, 1.54) is 51.4 Å². The minimum atomic E-state index is -0.788. The lowest BCUT2D eigenvalue weighted by molar-refractivity contribution is -0.167. The Balaban J connectivity index is 4.38. The Bertz CT molecular complexity index is 1080. The van der Waals surface area contributed by atoms with Crippen LogP contribution in [-0.4, -0.2) is 37.2 Å². The molecule has 0 rings (SSSR count). The molecule has 1 unspecified atom stereocenters. The third-order valence-electron chi connectivity index (χ3n) is 9.43. The maximum absolute atomic E-state index is 12.7. The van der Waals surface area contributed by atoms with Crippen LogP contribution in [0.3, 0.4) is 0 Å². The minimum absolute atomic E-state index is 0.0892. The molecule has 0 N–H and O–H groups in total. The van der Waals surface area contributed by atoms with E-state index in [-0.39, 0.29) is 31.1 Å². The van der Waals surface area contributed by atoms with Gasteiger partial charge in [-0.1, -0.05) is 177 Å². The van der Waals surface area contributed by atoms with Gasteiger partial charge in [-0.2, -0.15) is 0 Å². The second kappa shape index (κ2) is 44.6. The van der Waals surface area contributed by atoms with Gasteiger partial charge in [0.05, 0.1) is 0 Å². The quantitative estimate of drug-likeness (QED) is 0.0267. The van der Waals surface area contributed by atoms with E-state index in [1.807, 2.05) is 0 Å². The van der Waals surface area contributed by atoms with E-state index in [2.05, 4.69) is 93.7 Å². The van der Waals surface area contributed by atoms with Crippen molar-refractivity contribution in [3.05, 3.63) is 72.9 Å². The summed E-state index contributed by atoms with van der Waals surface area (Å²) >= 11 is 0. The van der Waals surface area contributed by atoms with E-state index < -0.39 is 6.10 Å². The van der Waals surface area contributed by atoms with E-state index in [0.717, 1.165) is 116 Å². The lowest BCUT2D eigenvalue weighted by Gasteiger charge is -2.18. The summed E-state index contributed by atoms with van der Waals surface area (Å²) in [5.74, 6) is -0.942. The zero-order valence-corrected chi connectivity index (χ0v) is 36.4. The molecule has 0 aliphatic rings. The van der Waals surface area contributed by atoms with Crippen molar-refractivity contribution in [3.63, 3.8) is 0 Å². The number of hydrogen-bond donors (Lipinski definition) is 0. The summed E-state index contributed by atoms with van der Waals surface area (Å²) in [4.78, 5) is 37.6. The average Bonchev–Trinajstić information content (AvgIpc) is 3.19. The first-order valence-electron chi connectivity index (χ1n) is 22.9. The highest BCUT2D eigenvalue weighted by Gasteiger charge is 2.19. The number of carbonyl (C=O) groups excluding carboxylic acids is 3. The molecule has 6 heteroatoms. The van der Waals surface area contributed by atoms with Crippen molar-refractivity contribution in [3.8, 4) is 0 Å². The topological polar surface area (TPSA) is 78.9 Å². The molecule has 320 valence electrons. The van der Waals surface area contributed by atoms with Gasteiger partial charge in [0.25, 0.3) is 0 Å². The van der Waals surface area contributed by atoms with E-state index in [9.17, 15) is 14.4 Å². The molecule has 56 heavy (non-hydrogen) atoms. The van der Waals surface area contributed by atoms with Crippen molar-refractivity contribution >= 4 is 17.9 Å². The lowest BCUT2D eigenvalue weighted by Crippen LogP contribution is -2.30. The molecule has 0 saturated heterocycles. The third-order valence-corrected chi connectivity index (χ3v) is 9.43. The molecule has 6 nitrogen and oxygen atoms in total. The number of hydrogen-bond acceptors (Lipinski definition) is 6. The van der Waals surface area contributed by atoms with Gasteiger partial charge >= 0.3 is 17.9 Å². The first kappa shape index (κ1) is 52.9. The van der Waals surface area contributed by atoms with Crippen LogP contribution in [0.5, 0.6) is 0 Å². The maximum atomic E-state index is 12.7. The summed E-state index contributed by atoms with van der Waals surface area (Å²) in [6.45, 7) is 6.38. The van der Waals surface area contributed by atoms with Crippen molar-refractivity contribution in [1.29, 1.82) is 0 Å². The molecule has 0 saturated carbocycles. The molecule has 0 heterocycles. The van der Waals surface area contributed by atoms with Crippen LogP contribution in [0.1, 0.15) is 207 Å². The molecule has 0 aromatic rings. The van der Waals surface area contributed by atoms with Crippen molar-refractivity contribution in [2.45, 2.75) is 213 Å². The van der Waals surface area contributed by atoms with E-state index in [0.29, 0.717) is 19.3 Å². The minimum Gasteiger partial charge on any atom is -0.462 e. The highest BCUT2D eigenvalue weighted by Crippen LogP contribution is 2.13. The summed E-state index contributed by atoms with van der Waals surface area (Å²) < 4.78 is 16.6. The Morgan fingerprint density at radius 2 is 0.732 bits per heavy atom. The number of carbonyl (C=O) groups is 3. The highest BCUT2D eigenvalue weighted by atomic mass is 16.6. The zero-order valence-electron chi connectivity index (χ0n) is 36.4. The standard InChI is InChI=1S/C50H84O6/c1-4-7-10-13-16-19-21-22-23-24-25-26-27-28-29-32-34-37-40-43-49(52)55-46-47(45-54-48(51)42-39-36-33-30-18-15-12-9-6-3)56-50(53)44-41-38-35-31-20-17-14-11-8-5-2/h7,10-11,14,16,19,22-23,25-26,28-29,47H,4-6,8-9,12-13,15,17-18,20-21,24,27,30-46H2,1-3H3/b10-7-,14-11-,19-16-,23-22-,26-25-,29-28-. The molecule has 0 aromatic heterocycles. The van der Waals surface area contributed by atoms with Gasteiger partial charge in [0.2, 0.25) is 0 Å². The van der Waals surface area contributed by atoms with Gasteiger partial charge in [0.1, 0.15) is 13.2 Å². The second-order valence-corrected chi connectivity index (χ2v) is 14.9. The van der Waals surface area contributed by atoms with E-state index in [1.54, 1.807) is 0 Å². The zero-order chi connectivity index (χ0) is 40.8. The number of ether oxygens (including phenoxy) is 3. The molecule has 1 atom stereocenters. The van der Waals surface area contributed by atoms with Crippen LogP contribution in [0.4, 0.5) is 0 Å². The lowest BCUT2D eigenvalue weighted by atomic mass is 10.1. The van der Waals surface area contributed by atoms with Gasteiger partial charge < -0.3 is 14.2 Å². The summed E-state index contributed by atoms with van der Waals surface area (Å²) in [6.07, 6.45) is 54.6. The first-order valence-corrected chi connectivity index (χ1v) is 22.9. The number of allylic oxidation sites excluding steroid dienone is 12. The van der Waals surface area contributed by atoms with Gasteiger partial charge in [0, 0.05) is 19.3 Å². The molecular weight excluding hydrogens is 697 g/mol. The highest BCUT2D eigenvalue weighted by molar-refractivity contribution is 5.71. The predicted molar refractivity (Wildman–Crippen MR) is 238 cm³/mol. The fourth-order valence-electron chi connectivity index (χ4n) is 6.00. The fraction of sp³-hybridized carbons (Fsp3) is 0.700. The van der Waals surface area contributed by atoms with Crippen molar-refractivity contribution in [1.82, 2.24) is 0 Å². The second-order valence-electron chi connectivity index (χ2n) is 14.9. The fourth-order valence-corrected chi connectivity index (χ4v) is 6.00. The number of unbranched alkanes of at least 4 members (excludes halogenated alkanes) is 17. The van der Waals surface area contributed by atoms with Gasteiger partial charge in [0.15, 0.2) is 6.10 Å². The number of esters is 3. The van der Waals surface area contributed by atoms with Crippen molar-refractivity contribution in [2.24, 2.45) is 0 Å². The summed E-state index contributed by atoms with van der Waals surface area (Å²) in [5, 5.41) is 0. The van der Waals surface area contributed by atoms with Gasteiger partial charge in [-0.05, 0) is 83.5 Å². The van der Waals surface area contributed by atoms with Gasteiger partial charge in [-0.15, -0.1) is 0 Å². The maximum Gasteiger partial charge on any atom is 0.306 e. The van der Waals surface area contributed by atoms with Crippen LogP contribution in [-0.2, 0) is 28.6 Å². The van der Waals surface area contributed by atoms with Crippen molar-refractivity contribution < 1.29 is 28.6 Å². The normalized spacial score (nSPS) is 12.7. The number of rotatable bonds is 40. The summed E-state index contributed by atoms with van der Waals surface area (Å²) in [7, 11) is 0.